The molecule has 72 valence electrons. The van der Waals surface area contributed by atoms with Crippen LogP contribution >= 0.6 is 0 Å². The summed E-state index contributed by atoms with van der Waals surface area (Å²) in [5.41, 5.74) is 2.27. The van der Waals surface area contributed by atoms with E-state index in [2.05, 4.69) is 13.0 Å². The highest BCUT2D eigenvalue weighted by Gasteiger charge is 2.01. The second kappa shape index (κ2) is 3.29. The average Bonchev–Trinajstić information content (AvgIpc) is 2.19. The molecule has 0 saturated carbocycles. The third-order valence-corrected chi connectivity index (χ3v) is 2.38. The molecule has 0 bridgehead atoms. The summed E-state index contributed by atoms with van der Waals surface area (Å²) in [6.45, 7) is 3.84. The van der Waals surface area contributed by atoms with Gasteiger partial charge in [-0.1, -0.05) is 19.1 Å². The van der Waals surface area contributed by atoms with Gasteiger partial charge in [-0.15, -0.1) is 0 Å². The third kappa shape index (κ3) is 1.43. The summed E-state index contributed by atoms with van der Waals surface area (Å²) < 4.78 is 5.18. The van der Waals surface area contributed by atoms with Gasteiger partial charge in [0.2, 0.25) is 0 Å². The van der Waals surface area contributed by atoms with E-state index < -0.39 is 0 Å². The van der Waals surface area contributed by atoms with Crippen molar-refractivity contribution in [1.29, 1.82) is 0 Å². The second-order valence-corrected chi connectivity index (χ2v) is 3.44. The Labute approximate surface area is 82.2 Å². The fourth-order valence-electron chi connectivity index (χ4n) is 1.48. The van der Waals surface area contributed by atoms with E-state index in [1.807, 2.05) is 18.2 Å². The number of fused-ring (bicyclic) bond motifs is 1. The highest BCUT2D eigenvalue weighted by molar-refractivity contribution is 5.77. The van der Waals surface area contributed by atoms with Gasteiger partial charge in [0.05, 0.1) is 0 Å². The van der Waals surface area contributed by atoms with Crippen LogP contribution in [0, 0.1) is 6.92 Å². The van der Waals surface area contributed by atoms with Gasteiger partial charge in [0.1, 0.15) is 5.58 Å². The molecule has 2 nitrogen and oxygen atoms in total. The molecule has 1 heterocycles. The zero-order valence-electron chi connectivity index (χ0n) is 8.33. The standard InChI is InChI=1S/C12H12O2/c1-3-9-4-5-10-6-8(2)12(13)14-11(10)7-9/h4-7H,3H2,1-2H3. The first-order valence-electron chi connectivity index (χ1n) is 4.74. The Morgan fingerprint density at radius 3 is 2.79 bits per heavy atom. The van der Waals surface area contributed by atoms with Crippen molar-refractivity contribution >= 4 is 11.0 Å². The Bertz CT molecular complexity index is 523. The first kappa shape index (κ1) is 9.00. The van der Waals surface area contributed by atoms with Gasteiger partial charge < -0.3 is 4.42 Å². The molecule has 0 saturated heterocycles. The summed E-state index contributed by atoms with van der Waals surface area (Å²) >= 11 is 0. The van der Waals surface area contributed by atoms with Crippen LogP contribution in [0.15, 0.2) is 33.5 Å². The molecule has 0 spiro atoms. The molecule has 2 aromatic rings. The van der Waals surface area contributed by atoms with Gasteiger partial charge >= 0.3 is 5.63 Å². The van der Waals surface area contributed by atoms with Crippen molar-refractivity contribution in [1.82, 2.24) is 0 Å². The van der Waals surface area contributed by atoms with E-state index >= 15 is 0 Å². The zero-order valence-corrected chi connectivity index (χ0v) is 8.33. The maximum atomic E-state index is 11.3. The average molecular weight is 188 g/mol. The van der Waals surface area contributed by atoms with Crippen LogP contribution in [0.25, 0.3) is 11.0 Å². The molecule has 0 aliphatic carbocycles. The van der Waals surface area contributed by atoms with Crippen LogP contribution in [0.2, 0.25) is 0 Å². The molecule has 0 unspecified atom stereocenters. The van der Waals surface area contributed by atoms with Gasteiger partial charge in [-0.05, 0) is 31.0 Å². The van der Waals surface area contributed by atoms with Gasteiger partial charge in [-0.2, -0.15) is 0 Å². The topological polar surface area (TPSA) is 30.2 Å². The predicted octanol–water partition coefficient (Wildman–Crippen LogP) is 2.66. The minimum atomic E-state index is -0.245. The summed E-state index contributed by atoms with van der Waals surface area (Å²) in [4.78, 5) is 11.3. The fraction of sp³-hybridized carbons (Fsp3) is 0.250. The van der Waals surface area contributed by atoms with Crippen molar-refractivity contribution in [2.24, 2.45) is 0 Å². The molecule has 0 N–H and O–H groups in total. The Kier molecular flexibility index (Phi) is 2.12. The third-order valence-electron chi connectivity index (χ3n) is 2.38. The van der Waals surface area contributed by atoms with Gasteiger partial charge in [0, 0.05) is 10.9 Å². The summed E-state index contributed by atoms with van der Waals surface area (Å²) in [6.07, 6.45) is 0.952. The number of hydrogen-bond donors (Lipinski definition) is 0. The molecule has 0 aliphatic rings. The smallest absolute Gasteiger partial charge is 0.339 e. The lowest BCUT2D eigenvalue weighted by molar-refractivity contribution is 0.554. The van der Waals surface area contributed by atoms with E-state index in [4.69, 9.17) is 4.42 Å². The van der Waals surface area contributed by atoms with E-state index in [0.717, 1.165) is 11.8 Å². The van der Waals surface area contributed by atoms with Crippen LogP contribution in [-0.2, 0) is 6.42 Å². The Morgan fingerprint density at radius 2 is 2.07 bits per heavy atom. The van der Waals surface area contributed by atoms with E-state index in [9.17, 15) is 4.79 Å². The normalized spacial score (nSPS) is 10.7. The van der Waals surface area contributed by atoms with E-state index in [1.165, 1.54) is 5.56 Å². The summed E-state index contributed by atoms with van der Waals surface area (Å²) in [7, 11) is 0. The SMILES string of the molecule is CCc1ccc2cc(C)c(=O)oc2c1. The van der Waals surface area contributed by atoms with Crippen molar-refractivity contribution < 1.29 is 4.42 Å². The first-order chi connectivity index (χ1) is 6.70. The van der Waals surface area contributed by atoms with Gasteiger partial charge in [-0.25, -0.2) is 4.79 Å². The second-order valence-electron chi connectivity index (χ2n) is 3.44. The number of aryl methyl sites for hydroxylation is 2. The van der Waals surface area contributed by atoms with Gasteiger partial charge in [0.15, 0.2) is 0 Å². The lowest BCUT2D eigenvalue weighted by Gasteiger charge is -2.00. The van der Waals surface area contributed by atoms with Crippen LogP contribution in [0.4, 0.5) is 0 Å². The van der Waals surface area contributed by atoms with Crippen molar-refractivity contribution in [3.05, 3.63) is 45.8 Å². The molecule has 0 amide bonds. The largest absolute Gasteiger partial charge is 0.423 e. The quantitative estimate of drug-likeness (QED) is 0.644. The Morgan fingerprint density at radius 1 is 1.29 bits per heavy atom. The first-order valence-corrected chi connectivity index (χ1v) is 4.74. The minimum absolute atomic E-state index is 0.245. The molecule has 1 aromatic heterocycles. The van der Waals surface area contributed by atoms with E-state index in [0.29, 0.717) is 11.1 Å². The molecule has 2 heteroatoms. The number of rotatable bonds is 1. The summed E-state index contributed by atoms with van der Waals surface area (Å²) in [5, 5.41) is 0.985. The maximum Gasteiger partial charge on any atom is 0.339 e. The molecule has 2 rings (SSSR count). The molecule has 0 atom stereocenters. The van der Waals surface area contributed by atoms with Crippen LogP contribution in [0.3, 0.4) is 0 Å². The Hall–Kier alpha value is -1.57. The predicted molar refractivity (Wildman–Crippen MR) is 56.6 cm³/mol. The molecule has 1 aromatic carbocycles. The van der Waals surface area contributed by atoms with Gasteiger partial charge in [-0.3, -0.25) is 0 Å². The van der Waals surface area contributed by atoms with Crippen LogP contribution in [-0.4, -0.2) is 0 Å². The van der Waals surface area contributed by atoms with Crippen LogP contribution < -0.4 is 5.63 Å². The minimum Gasteiger partial charge on any atom is -0.423 e. The van der Waals surface area contributed by atoms with Crippen molar-refractivity contribution in [2.75, 3.05) is 0 Å². The van der Waals surface area contributed by atoms with Crippen molar-refractivity contribution in [3.8, 4) is 0 Å². The lowest BCUT2D eigenvalue weighted by Crippen LogP contribution is -2.01. The monoisotopic (exact) mass is 188 g/mol. The highest BCUT2D eigenvalue weighted by atomic mass is 16.4. The van der Waals surface area contributed by atoms with Crippen LogP contribution in [0.5, 0.6) is 0 Å². The van der Waals surface area contributed by atoms with Crippen molar-refractivity contribution in [2.45, 2.75) is 20.3 Å². The van der Waals surface area contributed by atoms with Crippen LogP contribution in [0.1, 0.15) is 18.1 Å². The summed E-state index contributed by atoms with van der Waals surface area (Å²) in [5.74, 6) is 0. The number of benzene rings is 1. The van der Waals surface area contributed by atoms with E-state index in [1.54, 1.807) is 6.92 Å². The molecular weight excluding hydrogens is 176 g/mol. The highest BCUT2D eigenvalue weighted by Crippen LogP contribution is 2.15. The van der Waals surface area contributed by atoms with Gasteiger partial charge in [0.25, 0.3) is 0 Å². The molecule has 0 aliphatic heterocycles. The molecule has 0 radical (unpaired) electrons. The molecule has 14 heavy (non-hydrogen) atoms. The molecule has 0 fully saturated rings. The summed E-state index contributed by atoms with van der Waals surface area (Å²) in [6, 6.07) is 7.84. The van der Waals surface area contributed by atoms with E-state index in [-0.39, 0.29) is 5.63 Å². The lowest BCUT2D eigenvalue weighted by atomic mass is 10.1. The Balaban J connectivity index is 2.77. The van der Waals surface area contributed by atoms with Crippen molar-refractivity contribution in [3.63, 3.8) is 0 Å². The zero-order chi connectivity index (χ0) is 10.1. The maximum absolute atomic E-state index is 11.3. The number of hydrogen-bond acceptors (Lipinski definition) is 2. The fourth-order valence-corrected chi connectivity index (χ4v) is 1.48. The molecular formula is C12H12O2.